The van der Waals surface area contributed by atoms with Gasteiger partial charge in [-0.1, -0.05) is 40.2 Å². The van der Waals surface area contributed by atoms with Gasteiger partial charge in [-0.3, -0.25) is 0 Å². The Labute approximate surface area is 125 Å². The minimum absolute atomic E-state index is 0. The third-order valence-corrected chi connectivity index (χ3v) is 2.40. The van der Waals surface area contributed by atoms with Crippen molar-refractivity contribution in [2.24, 2.45) is 0 Å². The van der Waals surface area contributed by atoms with Gasteiger partial charge in [0, 0.05) is 0 Å². The molecule has 3 nitrogen and oxygen atoms in total. The molecule has 0 atom stereocenters. The Hall–Kier alpha value is 2.15. The van der Waals surface area contributed by atoms with Crippen LogP contribution in [0.3, 0.4) is 0 Å². The fourth-order valence-electron chi connectivity index (χ4n) is 0.909. The van der Waals surface area contributed by atoms with Crippen LogP contribution in [0, 0.1) is 0 Å². The van der Waals surface area contributed by atoms with E-state index < -0.39 is 7.60 Å². The van der Waals surface area contributed by atoms with Crippen LogP contribution in [0.15, 0.2) is 0 Å². The summed E-state index contributed by atoms with van der Waals surface area (Å²) >= 11 is 0. The van der Waals surface area contributed by atoms with Gasteiger partial charge >= 0.3 is 59.1 Å². The van der Waals surface area contributed by atoms with E-state index in [0.29, 0.717) is 6.42 Å². The van der Waals surface area contributed by atoms with E-state index in [1.165, 1.54) is 0 Å². The molecule has 0 amide bonds. The molecule has 0 aromatic carbocycles. The van der Waals surface area contributed by atoms with Crippen LogP contribution in [0.1, 0.15) is 39.0 Å². The van der Waals surface area contributed by atoms with Crippen molar-refractivity contribution in [3.8, 4) is 0 Å². The van der Waals surface area contributed by atoms with Gasteiger partial charge < -0.3 is 14.4 Å². The van der Waals surface area contributed by atoms with Gasteiger partial charge in [-0.25, -0.2) is 0 Å². The second-order valence-corrected chi connectivity index (χ2v) is 4.42. The maximum Gasteiger partial charge on any atom is 1.00 e. The fraction of sp³-hybridized carbons (Fsp3) is 1.00. The molecule has 0 aromatic rings. The summed E-state index contributed by atoms with van der Waals surface area (Å²) in [4.78, 5) is 20.3. The van der Waals surface area contributed by atoms with Crippen molar-refractivity contribution in [1.29, 1.82) is 0 Å². The molecule has 0 saturated carbocycles. The molecule has 13 heavy (non-hydrogen) atoms. The minimum atomic E-state index is -4.21. The van der Waals surface area contributed by atoms with E-state index in [2.05, 4.69) is 6.92 Å². The Morgan fingerprint density at radius 3 is 1.85 bits per heavy atom. The summed E-state index contributed by atoms with van der Waals surface area (Å²) in [6, 6.07) is 0. The topological polar surface area (TPSA) is 63.2 Å². The summed E-state index contributed by atoms with van der Waals surface area (Å²) < 4.78 is 10.1. The normalized spacial score (nSPS) is 10.1. The summed E-state index contributed by atoms with van der Waals surface area (Å²) in [6.07, 6.45) is 4.52. The Morgan fingerprint density at radius 1 is 1.00 bits per heavy atom. The Bertz CT molecular complexity index is 138. The van der Waals surface area contributed by atoms with Crippen molar-refractivity contribution < 1.29 is 73.5 Å². The van der Waals surface area contributed by atoms with Crippen molar-refractivity contribution in [1.82, 2.24) is 0 Å². The van der Waals surface area contributed by atoms with Crippen molar-refractivity contribution in [2.45, 2.75) is 39.0 Å². The molecule has 0 heterocycles. The molecule has 0 N–H and O–H groups in total. The third kappa shape index (κ3) is 20.3. The van der Waals surface area contributed by atoms with Crippen LogP contribution in [0.25, 0.3) is 0 Å². The quantitative estimate of drug-likeness (QED) is 0.257. The van der Waals surface area contributed by atoms with Gasteiger partial charge in [-0.15, -0.1) is 0 Å². The SMILES string of the molecule is CCCCCCCP(=O)([O-])[O-].[Na+].[Na+]. The van der Waals surface area contributed by atoms with E-state index in [4.69, 9.17) is 0 Å². The van der Waals surface area contributed by atoms with E-state index in [9.17, 15) is 14.4 Å². The van der Waals surface area contributed by atoms with Crippen molar-refractivity contribution in [3.63, 3.8) is 0 Å². The van der Waals surface area contributed by atoms with E-state index in [-0.39, 0.29) is 65.3 Å². The zero-order chi connectivity index (χ0) is 8.74. The number of hydrogen-bond acceptors (Lipinski definition) is 3. The molecule has 0 aliphatic heterocycles. The summed E-state index contributed by atoms with van der Waals surface area (Å²) in [5, 5.41) is 0. The Morgan fingerprint density at radius 2 is 1.46 bits per heavy atom. The minimum Gasteiger partial charge on any atom is -0.811 e. The number of unbranched alkanes of at least 4 members (excludes halogenated alkanes) is 4. The second kappa shape index (κ2) is 12.2. The Kier molecular flexibility index (Phi) is 19.3. The molecule has 0 rings (SSSR count). The van der Waals surface area contributed by atoms with Crippen molar-refractivity contribution >= 4 is 7.60 Å². The van der Waals surface area contributed by atoms with Gasteiger partial charge in [0.15, 0.2) is 0 Å². The van der Waals surface area contributed by atoms with Crippen LogP contribution >= 0.6 is 7.60 Å². The molecule has 0 spiro atoms. The first kappa shape index (κ1) is 20.5. The molecule has 0 aliphatic rings. The molecule has 0 saturated heterocycles. The molecule has 0 aromatic heterocycles. The van der Waals surface area contributed by atoms with Gasteiger partial charge in [0.2, 0.25) is 0 Å². The zero-order valence-electron chi connectivity index (χ0n) is 8.91. The molecule has 0 bridgehead atoms. The average molecular weight is 224 g/mol. The average Bonchev–Trinajstić information content (AvgIpc) is 1.85. The number of hydrogen-bond donors (Lipinski definition) is 0. The molecule has 0 aliphatic carbocycles. The first-order valence-electron chi connectivity index (χ1n) is 4.07. The summed E-state index contributed by atoms with van der Waals surface area (Å²) in [7, 11) is -4.21. The molecule has 0 unspecified atom stereocenters. The predicted molar refractivity (Wildman–Crippen MR) is 41.2 cm³/mol. The molecular formula is C7H15Na2O3P. The third-order valence-electron chi connectivity index (χ3n) is 1.54. The number of rotatable bonds is 6. The van der Waals surface area contributed by atoms with E-state index in [1.54, 1.807) is 0 Å². The maximum atomic E-state index is 10.1. The molecular weight excluding hydrogens is 209 g/mol. The van der Waals surface area contributed by atoms with Gasteiger partial charge in [0.05, 0.1) is 0 Å². The van der Waals surface area contributed by atoms with Crippen LogP contribution in [0.4, 0.5) is 0 Å². The van der Waals surface area contributed by atoms with Crippen LogP contribution in [-0.2, 0) is 4.57 Å². The van der Waals surface area contributed by atoms with Gasteiger partial charge in [-0.05, 0) is 12.6 Å². The summed E-state index contributed by atoms with van der Waals surface area (Å²) in [5.74, 6) is 0. The zero-order valence-corrected chi connectivity index (χ0v) is 13.8. The molecule has 0 fully saturated rings. The van der Waals surface area contributed by atoms with Crippen LogP contribution in [0.5, 0.6) is 0 Å². The van der Waals surface area contributed by atoms with Crippen LogP contribution < -0.4 is 68.9 Å². The standard InChI is InChI=1S/C7H17O3P.2Na/c1-2-3-4-5-6-7-11(8,9)10;;/h2-7H2,1H3,(H2,8,9,10);;/q;2*+1/p-2. The summed E-state index contributed by atoms with van der Waals surface area (Å²) in [6.45, 7) is 2.09. The molecule has 6 heteroatoms. The van der Waals surface area contributed by atoms with Gasteiger partial charge in [0.1, 0.15) is 0 Å². The summed E-state index contributed by atoms with van der Waals surface area (Å²) in [5.41, 5.74) is 0. The van der Waals surface area contributed by atoms with Crippen LogP contribution in [0.2, 0.25) is 0 Å². The van der Waals surface area contributed by atoms with E-state index in [1.807, 2.05) is 0 Å². The molecule has 68 valence electrons. The Balaban J connectivity index is -0.000000500. The largest absolute Gasteiger partial charge is 1.00 e. The first-order valence-corrected chi connectivity index (χ1v) is 5.80. The fourth-order valence-corrected chi connectivity index (χ4v) is 1.52. The van der Waals surface area contributed by atoms with Crippen molar-refractivity contribution in [3.05, 3.63) is 0 Å². The second-order valence-electron chi connectivity index (χ2n) is 2.75. The van der Waals surface area contributed by atoms with Gasteiger partial charge in [-0.2, -0.15) is 0 Å². The molecule has 0 radical (unpaired) electrons. The smallest absolute Gasteiger partial charge is 0.811 e. The van der Waals surface area contributed by atoms with Crippen LogP contribution in [-0.4, -0.2) is 6.16 Å². The predicted octanol–water partition coefficient (Wildman–Crippen LogP) is -5.12. The van der Waals surface area contributed by atoms with E-state index in [0.717, 1.165) is 25.7 Å². The van der Waals surface area contributed by atoms with Gasteiger partial charge in [0.25, 0.3) is 0 Å². The van der Waals surface area contributed by atoms with Crippen molar-refractivity contribution in [2.75, 3.05) is 6.16 Å². The first-order chi connectivity index (χ1) is 5.06. The maximum absolute atomic E-state index is 10.1. The van der Waals surface area contributed by atoms with E-state index >= 15 is 0 Å². The monoisotopic (exact) mass is 224 g/mol.